The Morgan fingerprint density at radius 3 is 2.07 bits per heavy atom. The van der Waals surface area contributed by atoms with Gasteiger partial charge >= 0.3 is 12.1 Å². The first-order valence-corrected chi connectivity index (χ1v) is 14.5. The second-order valence-corrected chi connectivity index (χ2v) is 11.3. The third-order valence-corrected chi connectivity index (χ3v) is 7.32. The van der Waals surface area contributed by atoms with E-state index in [9.17, 15) is 37.1 Å². The summed E-state index contributed by atoms with van der Waals surface area (Å²) in [5.74, 6) is -6.33. The minimum absolute atomic E-state index is 0.0784. The van der Waals surface area contributed by atoms with E-state index in [1.807, 2.05) is 0 Å². The van der Waals surface area contributed by atoms with Gasteiger partial charge in [0.25, 0.3) is 11.8 Å². The highest BCUT2D eigenvalue weighted by Gasteiger charge is 2.45. The van der Waals surface area contributed by atoms with Crippen molar-refractivity contribution in [3.05, 3.63) is 46.8 Å². The van der Waals surface area contributed by atoms with Crippen molar-refractivity contribution in [1.29, 1.82) is 0 Å². The van der Waals surface area contributed by atoms with Crippen LogP contribution >= 0.6 is 0 Å². The fraction of sp³-hybridized carbons (Fsp3) is 0.567. The van der Waals surface area contributed by atoms with E-state index in [4.69, 9.17) is 4.74 Å². The van der Waals surface area contributed by atoms with Crippen LogP contribution in [-0.4, -0.2) is 90.5 Å². The number of alkyl halides is 3. The monoisotopic (exact) mass is 624 g/mol. The molecule has 2 aliphatic heterocycles. The Balaban J connectivity index is 1.73. The standard InChI is InChI=1S/C30H39F3N4O7/c1-17(2)23(34-26(39)20-8-10-21(11-9-20)29(42)36-13-15-43-16-14-36)28(41)35-27(40)22-7-6-12-37(22)24(18(3)4)25(30(31,32)33)44-19(5)38/h8-11,17-18,22-23H,6-7,12-16H2,1-5H3,(H,34,39)(H,35,40,41)/b25-24+/t22-,23-/m0/s1. The lowest BCUT2D eigenvalue weighted by Gasteiger charge is -2.33. The summed E-state index contributed by atoms with van der Waals surface area (Å²) in [5, 5.41) is 4.86. The number of carbonyl (C=O) groups excluding carboxylic acids is 5. The second kappa shape index (κ2) is 14.7. The molecule has 2 atom stereocenters. The van der Waals surface area contributed by atoms with Crippen LogP contribution in [0.1, 0.15) is 68.2 Å². The van der Waals surface area contributed by atoms with Crippen LogP contribution in [0.25, 0.3) is 0 Å². The molecule has 14 heteroatoms. The number of nitrogens with one attached hydrogen (secondary N) is 2. The van der Waals surface area contributed by atoms with Gasteiger partial charge in [-0.2, -0.15) is 13.2 Å². The van der Waals surface area contributed by atoms with Gasteiger partial charge in [0, 0.05) is 37.7 Å². The van der Waals surface area contributed by atoms with E-state index in [1.165, 1.54) is 43.0 Å². The Labute approximate surface area is 254 Å². The maximum Gasteiger partial charge on any atom is 0.451 e. The summed E-state index contributed by atoms with van der Waals surface area (Å²) in [6.07, 6.45) is -4.47. The molecule has 1 aromatic carbocycles. The summed E-state index contributed by atoms with van der Waals surface area (Å²) >= 11 is 0. The van der Waals surface area contributed by atoms with Crippen molar-refractivity contribution >= 4 is 29.6 Å². The third kappa shape index (κ3) is 8.58. The predicted molar refractivity (Wildman–Crippen MR) is 152 cm³/mol. The zero-order valence-electron chi connectivity index (χ0n) is 25.5. The number of ether oxygens (including phenoxy) is 2. The number of halogens is 3. The minimum atomic E-state index is -4.99. The van der Waals surface area contributed by atoms with Crippen LogP contribution in [0.3, 0.4) is 0 Å². The average Bonchev–Trinajstić information content (AvgIpc) is 3.44. The van der Waals surface area contributed by atoms with Crippen LogP contribution in [-0.2, 0) is 23.9 Å². The predicted octanol–water partition coefficient (Wildman–Crippen LogP) is 3.01. The van der Waals surface area contributed by atoms with Gasteiger partial charge in [0.15, 0.2) is 0 Å². The maximum absolute atomic E-state index is 13.9. The highest BCUT2D eigenvalue weighted by molar-refractivity contribution is 6.03. The van der Waals surface area contributed by atoms with E-state index in [-0.39, 0.29) is 30.1 Å². The largest absolute Gasteiger partial charge is 0.451 e. The Bertz CT molecular complexity index is 1270. The van der Waals surface area contributed by atoms with Gasteiger partial charge in [-0.15, -0.1) is 0 Å². The number of allylic oxidation sites excluding steroid dienone is 2. The third-order valence-electron chi connectivity index (χ3n) is 7.32. The summed E-state index contributed by atoms with van der Waals surface area (Å²) < 4.78 is 51.5. The average molecular weight is 625 g/mol. The van der Waals surface area contributed by atoms with E-state index in [0.717, 1.165) is 6.92 Å². The molecule has 1 aromatic rings. The second-order valence-electron chi connectivity index (χ2n) is 11.3. The molecular weight excluding hydrogens is 585 g/mol. The molecule has 2 N–H and O–H groups in total. The van der Waals surface area contributed by atoms with Crippen molar-refractivity contribution in [2.75, 3.05) is 32.8 Å². The Hall–Kier alpha value is -3.94. The normalized spacial score (nSPS) is 18.5. The number of imide groups is 1. The molecule has 2 heterocycles. The smallest absolute Gasteiger partial charge is 0.420 e. The van der Waals surface area contributed by atoms with Crippen molar-refractivity contribution in [2.24, 2.45) is 11.8 Å². The van der Waals surface area contributed by atoms with Gasteiger partial charge in [-0.1, -0.05) is 27.7 Å². The summed E-state index contributed by atoms with van der Waals surface area (Å²) in [6.45, 7) is 9.06. The Morgan fingerprint density at radius 2 is 1.55 bits per heavy atom. The topological polar surface area (TPSA) is 134 Å². The van der Waals surface area contributed by atoms with Crippen LogP contribution in [0.4, 0.5) is 13.2 Å². The summed E-state index contributed by atoms with van der Waals surface area (Å²) in [7, 11) is 0. The summed E-state index contributed by atoms with van der Waals surface area (Å²) in [5.41, 5.74) is 0.222. The SMILES string of the molecule is CC(=O)O/C(=C(\C(C)C)N1CCC[C@H]1C(=O)NC(=O)[C@@H](NC(=O)c1ccc(C(=O)N2CCOCC2)cc1)C(C)C)C(F)(F)F. The van der Waals surface area contributed by atoms with Crippen molar-refractivity contribution in [2.45, 2.75) is 65.7 Å². The number of morpholine rings is 1. The molecular formula is C30H39F3N4O7. The molecule has 0 radical (unpaired) electrons. The van der Waals surface area contributed by atoms with Crippen molar-refractivity contribution in [3.63, 3.8) is 0 Å². The number of likely N-dealkylation sites (tertiary alicyclic amines) is 1. The molecule has 242 valence electrons. The molecule has 0 aliphatic carbocycles. The van der Waals surface area contributed by atoms with Gasteiger partial charge < -0.3 is 24.6 Å². The lowest BCUT2D eigenvalue weighted by atomic mass is 10.0. The Kier molecular flexibility index (Phi) is 11.5. The van der Waals surface area contributed by atoms with Gasteiger partial charge in [0.2, 0.25) is 17.6 Å². The van der Waals surface area contributed by atoms with E-state index < -0.39 is 59.5 Å². The van der Waals surface area contributed by atoms with Crippen LogP contribution in [0.15, 0.2) is 35.7 Å². The summed E-state index contributed by atoms with van der Waals surface area (Å²) in [6, 6.07) is 3.66. The fourth-order valence-electron chi connectivity index (χ4n) is 5.21. The number of esters is 1. The van der Waals surface area contributed by atoms with E-state index >= 15 is 0 Å². The van der Waals surface area contributed by atoms with Crippen molar-refractivity contribution in [1.82, 2.24) is 20.4 Å². The number of nitrogens with zero attached hydrogens (tertiary/aromatic N) is 2. The molecule has 0 spiro atoms. The zero-order valence-corrected chi connectivity index (χ0v) is 25.5. The van der Waals surface area contributed by atoms with Gasteiger partial charge in [-0.05, 0) is 48.9 Å². The molecule has 0 saturated carbocycles. The zero-order chi connectivity index (χ0) is 32.8. The lowest BCUT2D eigenvalue weighted by Crippen LogP contribution is -2.54. The molecule has 11 nitrogen and oxygen atoms in total. The van der Waals surface area contributed by atoms with E-state index in [0.29, 0.717) is 38.3 Å². The molecule has 0 unspecified atom stereocenters. The van der Waals surface area contributed by atoms with Gasteiger partial charge in [0.05, 0.1) is 18.9 Å². The molecule has 0 bridgehead atoms. The fourth-order valence-corrected chi connectivity index (χ4v) is 5.21. The highest BCUT2D eigenvalue weighted by atomic mass is 19.4. The van der Waals surface area contributed by atoms with Crippen LogP contribution in [0, 0.1) is 11.8 Å². The number of carbonyl (C=O) groups is 5. The van der Waals surface area contributed by atoms with Crippen LogP contribution in [0.2, 0.25) is 0 Å². The first-order valence-electron chi connectivity index (χ1n) is 14.5. The van der Waals surface area contributed by atoms with Crippen LogP contribution in [0.5, 0.6) is 0 Å². The molecule has 2 aliphatic rings. The van der Waals surface area contributed by atoms with Crippen LogP contribution < -0.4 is 10.6 Å². The minimum Gasteiger partial charge on any atom is -0.420 e. The first kappa shape index (κ1) is 34.5. The maximum atomic E-state index is 13.9. The van der Waals surface area contributed by atoms with E-state index in [1.54, 1.807) is 18.7 Å². The number of amides is 4. The van der Waals surface area contributed by atoms with Gasteiger partial charge in [-0.3, -0.25) is 29.3 Å². The number of benzene rings is 1. The molecule has 44 heavy (non-hydrogen) atoms. The first-order chi connectivity index (χ1) is 20.6. The number of hydrogen-bond acceptors (Lipinski definition) is 8. The molecule has 0 aromatic heterocycles. The number of rotatable bonds is 9. The van der Waals surface area contributed by atoms with Gasteiger partial charge in [-0.25, -0.2) is 0 Å². The highest BCUT2D eigenvalue weighted by Crippen LogP contribution is 2.37. The molecule has 3 rings (SSSR count). The Morgan fingerprint density at radius 1 is 0.955 bits per heavy atom. The van der Waals surface area contributed by atoms with Gasteiger partial charge in [0.1, 0.15) is 12.1 Å². The molecule has 2 fully saturated rings. The van der Waals surface area contributed by atoms with E-state index in [2.05, 4.69) is 15.4 Å². The molecule has 2 saturated heterocycles. The van der Waals surface area contributed by atoms with Crippen molar-refractivity contribution < 1.29 is 46.6 Å². The summed E-state index contributed by atoms with van der Waals surface area (Å²) in [4.78, 5) is 66.5. The molecule has 4 amide bonds. The quantitative estimate of drug-likeness (QED) is 0.317. The van der Waals surface area contributed by atoms with Crippen molar-refractivity contribution in [3.8, 4) is 0 Å². The lowest BCUT2D eigenvalue weighted by molar-refractivity contribution is -0.160. The number of hydrogen-bond donors (Lipinski definition) is 2.